The lowest BCUT2D eigenvalue weighted by Gasteiger charge is -2.21. The van der Waals surface area contributed by atoms with Crippen molar-refractivity contribution >= 4 is 39.8 Å². The molecule has 0 aromatic heterocycles. The van der Waals surface area contributed by atoms with Gasteiger partial charge in [0.05, 0.1) is 37.0 Å². The molecule has 160 valence electrons. The van der Waals surface area contributed by atoms with Crippen molar-refractivity contribution < 1.29 is 17.9 Å². The van der Waals surface area contributed by atoms with Gasteiger partial charge in [0.25, 0.3) is 0 Å². The minimum atomic E-state index is -3.31. The van der Waals surface area contributed by atoms with Crippen molar-refractivity contribution in [1.82, 2.24) is 10.2 Å². The van der Waals surface area contributed by atoms with E-state index in [4.69, 9.17) is 9.47 Å². The van der Waals surface area contributed by atoms with Crippen molar-refractivity contribution in [2.45, 2.75) is 18.2 Å². The molecule has 2 rings (SSSR count). The summed E-state index contributed by atoms with van der Waals surface area (Å²) in [4.78, 5) is 7.07. The minimum Gasteiger partial charge on any atom is -0.382 e. The van der Waals surface area contributed by atoms with Gasteiger partial charge in [-0.1, -0.05) is 18.2 Å². The van der Waals surface area contributed by atoms with Crippen molar-refractivity contribution in [3.63, 3.8) is 0 Å². The summed E-state index contributed by atoms with van der Waals surface area (Å²) in [6, 6.07) is 8.53. The molecule has 1 unspecified atom stereocenters. The molecule has 0 bridgehead atoms. The van der Waals surface area contributed by atoms with Crippen LogP contribution >= 0.6 is 24.0 Å². The van der Waals surface area contributed by atoms with Gasteiger partial charge in [0.2, 0.25) is 0 Å². The Morgan fingerprint density at radius 1 is 1.29 bits per heavy atom. The SMILES string of the molecule is CCNC(=NCCS(=O)(=O)c1ccccc1)N1CCC(COCCOC)C1.I. The van der Waals surface area contributed by atoms with Crippen molar-refractivity contribution in [2.75, 3.05) is 58.9 Å². The average Bonchev–Trinajstić information content (AvgIpc) is 3.14. The predicted molar refractivity (Wildman–Crippen MR) is 122 cm³/mol. The zero-order chi connectivity index (χ0) is 19.5. The Labute approximate surface area is 185 Å². The van der Waals surface area contributed by atoms with E-state index in [1.807, 2.05) is 13.0 Å². The lowest BCUT2D eigenvalue weighted by Crippen LogP contribution is -2.40. The average molecular weight is 525 g/mol. The van der Waals surface area contributed by atoms with Crippen LogP contribution in [0.5, 0.6) is 0 Å². The fourth-order valence-corrected chi connectivity index (χ4v) is 4.14. The first-order chi connectivity index (χ1) is 13.1. The summed E-state index contributed by atoms with van der Waals surface area (Å²) in [7, 11) is -1.64. The van der Waals surface area contributed by atoms with E-state index in [9.17, 15) is 8.42 Å². The van der Waals surface area contributed by atoms with Gasteiger partial charge in [-0.15, -0.1) is 24.0 Å². The van der Waals surface area contributed by atoms with Crippen LogP contribution in [0.25, 0.3) is 0 Å². The van der Waals surface area contributed by atoms with E-state index in [0.717, 1.165) is 32.0 Å². The molecule has 0 spiro atoms. The van der Waals surface area contributed by atoms with Gasteiger partial charge < -0.3 is 19.7 Å². The maximum Gasteiger partial charge on any atom is 0.193 e. The summed E-state index contributed by atoms with van der Waals surface area (Å²) in [6.45, 7) is 6.69. The molecule has 1 N–H and O–H groups in total. The monoisotopic (exact) mass is 525 g/mol. The smallest absolute Gasteiger partial charge is 0.193 e. The van der Waals surface area contributed by atoms with Gasteiger partial charge >= 0.3 is 0 Å². The quantitative estimate of drug-likeness (QED) is 0.218. The second-order valence-electron chi connectivity index (χ2n) is 6.54. The van der Waals surface area contributed by atoms with Crippen LogP contribution in [0.1, 0.15) is 13.3 Å². The van der Waals surface area contributed by atoms with Crippen LogP contribution in [0.15, 0.2) is 40.2 Å². The molecule has 1 fully saturated rings. The Hall–Kier alpha value is -0.910. The number of halogens is 1. The molecule has 28 heavy (non-hydrogen) atoms. The fraction of sp³-hybridized carbons (Fsp3) is 0.632. The van der Waals surface area contributed by atoms with Crippen LogP contribution < -0.4 is 5.32 Å². The third-order valence-electron chi connectivity index (χ3n) is 4.43. The first-order valence-electron chi connectivity index (χ1n) is 9.44. The van der Waals surface area contributed by atoms with E-state index in [-0.39, 0.29) is 36.3 Å². The van der Waals surface area contributed by atoms with Gasteiger partial charge in [-0.25, -0.2) is 8.42 Å². The summed E-state index contributed by atoms with van der Waals surface area (Å²) in [5, 5.41) is 3.27. The Morgan fingerprint density at radius 2 is 2.04 bits per heavy atom. The lowest BCUT2D eigenvalue weighted by atomic mass is 10.1. The molecule has 1 aromatic rings. The Morgan fingerprint density at radius 3 is 2.71 bits per heavy atom. The van der Waals surface area contributed by atoms with Crippen LogP contribution in [0.4, 0.5) is 0 Å². The number of ether oxygens (including phenoxy) is 2. The molecular weight excluding hydrogens is 493 g/mol. The number of hydrogen-bond donors (Lipinski definition) is 1. The maximum absolute atomic E-state index is 12.4. The number of likely N-dealkylation sites (tertiary alicyclic amines) is 1. The van der Waals surface area contributed by atoms with Crippen LogP contribution in [-0.2, 0) is 19.3 Å². The second kappa shape index (κ2) is 13.3. The number of rotatable bonds is 10. The number of methoxy groups -OCH3 is 1. The molecule has 0 amide bonds. The summed E-state index contributed by atoms with van der Waals surface area (Å²) in [5.74, 6) is 1.24. The number of benzene rings is 1. The van der Waals surface area contributed by atoms with E-state index in [1.54, 1.807) is 31.4 Å². The molecule has 1 aliphatic rings. The van der Waals surface area contributed by atoms with E-state index in [2.05, 4.69) is 15.2 Å². The number of nitrogens with one attached hydrogen (secondary N) is 1. The van der Waals surface area contributed by atoms with Crippen molar-refractivity contribution in [1.29, 1.82) is 0 Å². The third-order valence-corrected chi connectivity index (χ3v) is 6.14. The Balaban J connectivity index is 0.00000392. The number of guanidine groups is 1. The number of sulfone groups is 1. The highest BCUT2D eigenvalue weighted by molar-refractivity contribution is 14.0. The van der Waals surface area contributed by atoms with Crippen LogP contribution in [0.2, 0.25) is 0 Å². The molecule has 1 aliphatic heterocycles. The third kappa shape index (κ3) is 8.22. The molecule has 0 saturated carbocycles. The topological polar surface area (TPSA) is 80.2 Å². The fourth-order valence-electron chi connectivity index (χ4n) is 3.00. The summed E-state index contributed by atoms with van der Waals surface area (Å²) < 4.78 is 35.4. The summed E-state index contributed by atoms with van der Waals surface area (Å²) >= 11 is 0. The molecule has 1 saturated heterocycles. The highest BCUT2D eigenvalue weighted by Crippen LogP contribution is 2.17. The van der Waals surface area contributed by atoms with Gasteiger partial charge in [0.1, 0.15) is 0 Å². The molecule has 1 atom stereocenters. The standard InChI is InChI=1S/C19H31N3O4S.HI/c1-3-20-19(22-11-9-17(15-22)16-26-13-12-25-2)21-10-14-27(23,24)18-7-5-4-6-8-18;/h4-8,17H,3,9-16H2,1-2H3,(H,20,21);1H. The molecule has 0 radical (unpaired) electrons. The van der Waals surface area contributed by atoms with Gasteiger partial charge in [0.15, 0.2) is 15.8 Å². The maximum atomic E-state index is 12.4. The zero-order valence-corrected chi connectivity index (χ0v) is 19.8. The largest absolute Gasteiger partial charge is 0.382 e. The predicted octanol–water partition coefficient (Wildman–Crippen LogP) is 2.03. The van der Waals surface area contributed by atoms with Gasteiger partial charge in [0, 0.05) is 32.7 Å². The van der Waals surface area contributed by atoms with E-state index >= 15 is 0 Å². The normalized spacial score (nSPS) is 17.4. The summed E-state index contributed by atoms with van der Waals surface area (Å²) in [6.07, 6.45) is 1.04. The Kier molecular flexibility index (Phi) is 12.0. The molecule has 1 heterocycles. The first-order valence-corrected chi connectivity index (χ1v) is 11.1. The van der Waals surface area contributed by atoms with Crippen molar-refractivity contribution in [3.05, 3.63) is 30.3 Å². The lowest BCUT2D eigenvalue weighted by molar-refractivity contribution is 0.0536. The van der Waals surface area contributed by atoms with Crippen LogP contribution in [-0.4, -0.2) is 78.1 Å². The number of nitrogens with zero attached hydrogens (tertiary/aromatic N) is 2. The van der Waals surface area contributed by atoms with Gasteiger partial charge in [-0.3, -0.25) is 4.99 Å². The highest BCUT2D eigenvalue weighted by Gasteiger charge is 2.25. The second-order valence-corrected chi connectivity index (χ2v) is 8.65. The molecular formula is C19H32IN3O4S. The van der Waals surface area contributed by atoms with Crippen molar-refractivity contribution in [2.24, 2.45) is 10.9 Å². The number of hydrogen-bond acceptors (Lipinski definition) is 5. The highest BCUT2D eigenvalue weighted by atomic mass is 127. The molecule has 7 nitrogen and oxygen atoms in total. The zero-order valence-electron chi connectivity index (χ0n) is 16.7. The van der Waals surface area contributed by atoms with Gasteiger partial charge in [-0.05, 0) is 25.5 Å². The van der Waals surface area contributed by atoms with E-state index < -0.39 is 9.84 Å². The molecule has 0 aliphatic carbocycles. The number of aliphatic imine (C=N–C) groups is 1. The molecule has 1 aromatic carbocycles. The van der Waals surface area contributed by atoms with Crippen LogP contribution in [0.3, 0.4) is 0 Å². The van der Waals surface area contributed by atoms with E-state index in [1.165, 1.54) is 0 Å². The Bertz CT molecular complexity index is 686. The summed E-state index contributed by atoms with van der Waals surface area (Å²) in [5.41, 5.74) is 0. The minimum absolute atomic E-state index is 0. The first kappa shape index (κ1) is 25.1. The van der Waals surface area contributed by atoms with Crippen LogP contribution in [0, 0.1) is 5.92 Å². The molecule has 9 heteroatoms. The van der Waals surface area contributed by atoms with Crippen molar-refractivity contribution in [3.8, 4) is 0 Å². The van der Waals surface area contributed by atoms with E-state index in [0.29, 0.717) is 30.6 Å². The van der Waals surface area contributed by atoms with Gasteiger partial charge in [-0.2, -0.15) is 0 Å².